The maximum Gasteiger partial charge on any atom is 0.0868 e. The van der Waals surface area contributed by atoms with Gasteiger partial charge in [0.25, 0.3) is 0 Å². The van der Waals surface area contributed by atoms with Crippen LogP contribution >= 0.6 is 0 Å². The average Bonchev–Trinajstić information content (AvgIpc) is 3.41. The molecule has 2 unspecified atom stereocenters. The van der Waals surface area contributed by atoms with E-state index in [1.165, 1.54) is 32.3 Å². The Balaban J connectivity index is 0.775. The monoisotopic (exact) mass is 847 g/mol. The van der Waals surface area contributed by atoms with Crippen LogP contribution < -0.4 is 5.32 Å². The van der Waals surface area contributed by atoms with E-state index < -0.39 is 0 Å². The lowest BCUT2D eigenvalue weighted by Crippen LogP contribution is -2.17. The van der Waals surface area contributed by atoms with E-state index in [0.29, 0.717) is 0 Å². The number of nitrogens with zero attached hydrogens (tertiary/aromatic N) is 7. The molecule has 312 valence electrons. The number of allylic oxidation sites excluding steroid dienone is 4. The van der Waals surface area contributed by atoms with Gasteiger partial charge < -0.3 is 10.6 Å². The van der Waals surface area contributed by atoms with Crippen LogP contribution in [0.15, 0.2) is 219 Å². The molecule has 2 atom stereocenters. The van der Waals surface area contributed by atoms with Crippen molar-refractivity contribution in [1.82, 2.24) is 35.2 Å². The molecular formula is C58H39N8-. The third kappa shape index (κ3) is 7.36. The lowest BCUT2D eigenvalue weighted by Gasteiger charge is -2.31. The van der Waals surface area contributed by atoms with Gasteiger partial charge in [0.2, 0.25) is 0 Å². The molecule has 0 radical (unpaired) electrons. The van der Waals surface area contributed by atoms with Crippen LogP contribution in [0.4, 0.5) is 0 Å². The fourth-order valence-electron chi connectivity index (χ4n) is 8.93. The Labute approximate surface area is 381 Å². The van der Waals surface area contributed by atoms with Crippen molar-refractivity contribution < 1.29 is 0 Å². The van der Waals surface area contributed by atoms with Gasteiger partial charge in [-0.1, -0.05) is 97.1 Å². The summed E-state index contributed by atoms with van der Waals surface area (Å²) in [6, 6.07) is 50.3. The Morgan fingerprint density at radius 1 is 0.379 bits per heavy atom. The number of fused-ring (bicyclic) bond motifs is 6. The molecule has 2 aliphatic heterocycles. The van der Waals surface area contributed by atoms with Crippen LogP contribution in [0.5, 0.6) is 0 Å². The highest BCUT2D eigenvalue weighted by Gasteiger charge is 2.16. The number of dihydropyridines is 1. The van der Waals surface area contributed by atoms with Crippen molar-refractivity contribution in [2.75, 3.05) is 0 Å². The summed E-state index contributed by atoms with van der Waals surface area (Å²) < 4.78 is 0. The summed E-state index contributed by atoms with van der Waals surface area (Å²) in [7, 11) is 0. The first-order valence-electron chi connectivity index (χ1n) is 22.0. The molecule has 0 fully saturated rings. The van der Waals surface area contributed by atoms with Crippen molar-refractivity contribution in [2.45, 2.75) is 12.1 Å². The summed E-state index contributed by atoms with van der Waals surface area (Å²) in [6.07, 6.45) is 23.7. The molecule has 10 aromatic rings. The van der Waals surface area contributed by atoms with Gasteiger partial charge in [0.05, 0.1) is 34.5 Å². The Bertz CT molecular complexity index is 3550. The fraction of sp³-hybridized carbons (Fsp3) is 0.0345. The van der Waals surface area contributed by atoms with Gasteiger partial charge in [0, 0.05) is 76.9 Å². The van der Waals surface area contributed by atoms with Gasteiger partial charge in [0.1, 0.15) is 0 Å². The number of benzene rings is 4. The van der Waals surface area contributed by atoms with E-state index in [1.807, 2.05) is 97.9 Å². The second-order valence-corrected chi connectivity index (χ2v) is 16.4. The Morgan fingerprint density at radius 2 is 0.909 bits per heavy atom. The molecule has 0 saturated heterocycles. The smallest absolute Gasteiger partial charge is 0.0868 e. The van der Waals surface area contributed by atoms with E-state index in [4.69, 9.17) is 20.3 Å². The van der Waals surface area contributed by atoms with Crippen LogP contribution in [-0.4, -0.2) is 29.9 Å². The molecule has 2 aliphatic rings. The van der Waals surface area contributed by atoms with Gasteiger partial charge >= 0.3 is 0 Å². The van der Waals surface area contributed by atoms with Crippen molar-refractivity contribution in [1.29, 1.82) is 0 Å². The molecule has 8 heteroatoms. The lowest BCUT2D eigenvalue weighted by atomic mass is 9.90. The van der Waals surface area contributed by atoms with E-state index in [0.717, 1.165) is 78.7 Å². The summed E-state index contributed by atoms with van der Waals surface area (Å²) in [6.45, 7) is 0. The minimum Gasteiger partial charge on any atom is -0.679 e. The SMILES string of the molecule is C1=CC(c2ccc(-c3ccc(-c4ccccn4)cn3)cn2)[N-]C=C1c1ccc2c3ccccc3c3ccc(-c4ccc(C5C=CC(c6ccc(-c7ccccn7)cn6)=CN5)nc4)cc3c2c1. The van der Waals surface area contributed by atoms with Crippen LogP contribution in [0.25, 0.3) is 93.7 Å². The Hall–Kier alpha value is -8.88. The first kappa shape index (κ1) is 38.8. The molecule has 0 amide bonds. The van der Waals surface area contributed by atoms with Gasteiger partial charge in [-0.25, -0.2) is 0 Å². The van der Waals surface area contributed by atoms with E-state index in [2.05, 4.69) is 130 Å². The lowest BCUT2D eigenvalue weighted by molar-refractivity contribution is 0.723. The Morgan fingerprint density at radius 3 is 1.47 bits per heavy atom. The summed E-state index contributed by atoms with van der Waals surface area (Å²) in [4.78, 5) is 28.0. The van der Waals surface area contributed by atoms with Crippen LogP contribution in [0, 0.1) is 0 Å². The normalized spacial score (nSPS) is 15.6. The van der Waals surface area contributed by atoms with Crippen molar-refractivity contribution in [3.63, 3.8) is 0 Å². The highest BCUT2D eigenvalue weighted by Crippen LogP contribution is 2.40. The van der Waals surface area contributed by atoms with Crippen molar-refractivity contribution >= 4 is 43.5 Å². The average molecular weight is 848 g/mol. The van der Waals surface area contributed by atoms with E-state index in [9.17, 15) is 0 Å². The van der Waals surface area contributed by atoms with Crippen molar-refractivity contribution in [3.05, 3.63) is 247 Å². The molecule has 66 heavy (non-hydrogen) atoms. The van der Waals surface area contributed by atoms with E-state index >= 15 is 0 Å². The highest BCUT2D eigenvalue weighted by molar-refractivity contribution is 6.26. The summed E-state index contributed by atoms with van der Waals surface area (Å²) >= 11 is 0. The largest absolute Gasteiger partial charge is 0.679 e. The number of nitrogens with one attached hydrogen (secondary N) is 1. The molecule has 4 aromatic carbocycles. The molecule has 12 rings (SSSR count). The predicted molar refractivity (Wildman–Crippen MR) is 267 cm³/mol. The Kier molecular flexibility index (Phi) is 9.79. The minimum absolute atomic E-state index is 0.0482. The van der Waals surface area contributed by atoms with Crippen LogP contribution in [-0.2, 0) is 0 Å². The molecule has 0 saturated carbocycles. The standard InChI is InChI=1S/C58H39N8/c1-2-8-46-45(7-1)47-19-11-37(39-13-23-55(63-31-39)57-25-17-43(35-65-57)53-21-15-41(33-61-53)51-9-3-5-27-59-51)29-49(47)50-30-38(12-20-48(46)50)40-14-24-56(64-32-40)58-26-18-44(36-66-58)54-22-16-42(34-62-54)52-10-4-6-28-60-52/h1-36,55,58,66H/q-1. The fourth-order valence-corrected chi connectivity index (χ4v) is 8.93. The molecule has 8 heterocycles. The molecule has 8 nitrogen and oxygen atoms in total. The summed E-state index contributed by atoms with van der Waals surface area (Å²) in [5.74, 6) is 0. The molecule has 0 bridgehead atoms. The first-order chi connectivity index (χ1) is 32.7. The van der Waals surface area contributed by atoms with E-state index in [1.54, 1.807) is 12.4 Å². The van der Waals surface area contributed by atoms with Gasteiger partial charge in [-0.05, 0) is 128 Å². The number of rotatable bonds is 8. The topological polar surface area (TPSA) is 103 Å². The van der Waals surface area contributed by atoms with Crippen molar-refractivity contribution in [3.8, 4) is 44.9 Å². The zero-order valence-electron chi connectivity index (χ0n) is 35.6. The molecular weight excluding hydrogens is 809 g/mol. The first-order valence-corrected chi connectivity index (χ1v) is 22.0. The van der Waals surface area contributed by atoms with Crippen LogP contribution in [0.1, 0.15) is 34.7 Å². The second kappa shape index (κ2) is 16.7. The third-order valence-electron chi connectivity index (χ3n) is 12.5. The second-order valence-electron chi connectivity index (χ2n) is 16.4. The highest BCUT2D eigenvalue weighted by atomic mass is 14.9. The van der Waals surface area contributed by atoms with Gasteiger partial charge in [-0.3, -0.25) is 29.9 Å². The van der Waals surface area contributed by atoms with Crippen LogP contribution in [0.2, 0.25) is 0 Å². The molecule has 0 aliphatic carbocycles. The number of pyridine rings is 6. The van der Waals surface area contributed by atoms with E-state index in [-0.39, 0.29) is 12.1 Å². The third-order valence-corrected chi connectivity index (χ3v) is 12.5. The van der Waals surface area contributed by atoms with Crippen molar-refractivity contribution in [2.24, 2.45) is 0 Å². The maximum atomic E-state index is 4.96. The minimum atomic E-state index is -0.173. The number of hydrogen-bond acceptors (Lipinski definition) is 7. The van der Waals surface area contributed by atoms with Gasteiger partial charge in [-0.15, -0.1) is 0 Å². The molecule has 0 spiro atoms. The van der Waals surface area contributed by atoms with Gasteiger partial charge in [0.15, 0.2) is 0 Å². The maximum absolute atomic E-state index is 4.96. The number of aromatic nitrogens is 6. The predicted octanol–water partition coefficient (Wildman–Crippen LogP) is 13.5. The quantitative estimate of drug-likeness (QED) is 0.152. The zero-order chi connectivity index (χ0) is 43.8. The van der Waals surface area contributed by atoms with Crippen LogP contribution in [0.3, 0.4) is 0 Å². The number of hydrogen-bond donors (Lipinski definition) is 1. The summed E-state index contributed by atoms with van der Waals surface area (Å²) in [5.41, 5.74) is 13.7. The zero-order valence-corrected chi connectivity index (χ0v) is 35.6. The molecule has 1 N–H and O–H groups in total. The van der Waals surface area contributed by atoms with Gasteiger partial charge in [-0.2, -0.15) is 6.20 Å². The summed E-state index contributed by atoms with van der Waals surface area (Å²) in [5, 5.41) is 15.8. The molecule has 6 aromatic heterocycles.